The normalized spacial score (nSPS) is 16.0. The first-order valence-corrected chi connectivity index (χ1v) is 8.83. The molecule has 2 aromatic carbocycles. The number of aryl methyl sites for hydroxylation is 2. The minimum Gasteiger partial charge on any atom is -0.497 e. The van der Waals surface area contributed by atoms with Crippen molar-refractivity contribution in [1.82, 2.24) is 5.32 Å². The van der Waals surface area contributed by atoms with E-state index < -0.39 is 0 Å². The van der Waals surface area contributed by atoms with Gasteiger partial charge in [0, 0.05) is 5.56 Å². The Morgan fingerprint density at radius 2 is 2.08 bits per heavy atom. The number of benzene rings is 2. The zero-order valence-electron chi connectivity index (χ0n) is 15.1. The number of amides is 1. The number of ether oxygens (including phenoxy) is 2. The van der Waals surface area contributed by atoms with Crippen LogP contribution in [0.3, 0.4) is 0 Å². The van der Waals surface area contributed by atoms with E-state index >= 15 is 0 Å². The molecule has 0 bridgehead atoms. The molecule has 0 unspecified atom stereocenters. The number of nitrogens with one attached hydrogen (secondary N) is 1. The monoisotopic (exact) mass is 339 g/mol. The van der Waals surface area contributed by atoms with Gasteiger partial charge in [0.2, 0.25) is 0 Å². The topological polar surface area (TPSA) is 47.6 Å². The summed E-state index contributed by atoms with van der Waals surface area (Å²) in [7, 11) is 1.68. The minimum absolute atomic E-state index is 0.0418. The maximum absolute atomic E-state index is 12.7. The number of carbonyl (C=O) groups is 1. The number of rotatable bonds is 5. The van der Waals surface area contributed by atoms with Crippen molar-refractivity contribution >= 4 is 5.91 Å². The van der Waals surface area contributed by atoms with Crippen LogP contribution in [0.2, 0.25) is 0 Å². The molecule has 3 rings (SSSR count). The van der Waals surface area contributed by atoms with Crippen molar-refractivity contribution < 1.29 is 14.3 Å². The van der Waals surface area contributed by atoms with E-state index in [1.165, 1.54) is 11.1 Å². The number of carbonyl (C=O) groups excluding carboxylic acids is 1. The Balaban J connectivity index is 1.77. The van der Waals surface area contributed by atoms with Crippen LogP contribution in [-0.4, -0.2) is 19.6 Å². The quantitative estimate of drug-likeness (QED) is 0.888. The largest absolute Gasteiger partial charge is 0.497 e. The summed E-state index contributed by atoms with van der Waals surface area (Å²) >= 11 is 0. The Labute approximate surface area is 149 Å². The Morgan fingerprint density at radius 3 is 2.80 bits per heavy atom. The molecule has 0 fully saturated rings. The zero-order chi connectivity index (χ0) is 17.8. The second-order valence-corrected chi connectivity index (χ2v) is 6.40. The van der Waals surface area contributed by atoms with Gasteiger partial charge in [-0.05, 0) is 80.1 Å². The molecular weight excluding hydrogens is 314 g/mol. The van der Waals surface area contributed by atoms with Crippen LogP contribution < -0.4 is 14.8 Å². The first-order chi connectivity index (χ1) is 12.1. The third-order valence-electron chi connectivity index (χ3n) is 4.71. The Morgan fingerprint density at radius 1 is 1.24 bits per heavy atom. The lowest BCUT2D eigenvalue weighted by Gasteiger charge is -2.27. The summed E-state index contributed by atoms with van der Waals surface area (Å²) in [4.78, 5) is 12.7. The molecular formula is C21H25NO3. The van der Waals surface area contributed by atoms with Crippen molar-refractivity contribution in [2.45, 2.75) is 39.2 Å². The molecule has 0 radical (unpaired) electrons. The number of hydrogen-bond acceptors (Lipinski definition) is 3. The summed E-state index contributed by atoms with van der Waals surface area (Å²) in [5, 5.41) is 3.19. The summed E-state index contributed by atoms with van der Waals surface area (Å²) < 4.78 is 10.9. The molecule has 0 aromatic heterocycles. The maximum atomic E-state index is 12.7. The second-order valence-electron chi connectivity index (χ2n) is 6.40. The minimum atomic E-state index is -0.0418. The molecule has 25 heavy (non-hydrogen) atoms. The molecule has 2 aromatic rings. The molecule has 0 heterocycles. The lowest BCUT2D eigenvalue weighted by molar-refractivity contribution is 0.0932. The van der Waals surface area contributed by atoms with Gasteiger partial charge in [0.05, 0.1) is 19.8 Å². The van der Waals surface area contributed by atoms with Crippen LogP contribution in [-0.2, 0) is 6.42 Å². The van der Waals surface area contributed by atoms with Crippen molar-refractivity contribution in [3.8, 4) is 11.5 Å². The number of methoxy groups -OCH3 is 1. The van der Waals surface area contributed by atoms with Gasteiger partial charge in [-0.2, -0.15) is 0 Å². The van der Waals surface area contributed by atoms with Gasteiger partial charge in [-0.15, -0.1) is 0 Å². The molecule has 4 heteroatoms. The Hall–Kier alpha value is -2.49. The van der Waals surface area contributed by atoms with Crippen LogP contribution in [0.1, 0.15) is 52.9 Å². The third kappa shape index (κ3) is 3.78. The van der Waals surface area contributed by atoms with Gasteiger partial charge in [0.1, 0.15) is 11.5 Å². The van der Waals surface area contributed by atoms with Gasteiger partial charge in [-0.1, -0.05) is 6.07 Å². The van der Waals surface area contributed by atoms with Crippen molar-refractivity contribution in [3.63, 3.8) is 0 Å². The summed E-state index contributed by atoms with van der Waals surface area (Å²) in [5.74, 6) is 1.65. The van der Waals surface area contributed by atoms with Crippen molar-refractivity contribution in [2.24, 2.45) is 0 Å². The van der Waals surface area contributed by atoms with E-state index in [1.807, 2.05) is 38.1 Å². The van der Waals surface area contributed by atoms with Crippen LogP contribution in [0.25, 0.3) is 0 Å². The Bertz CT molecular complexity index is 770. The van der Waals surface area contributed by atoms with E-state index in [1.54, 1.807) is 7.11 Å². The maximum Gasteiger partial charge on any atom is 0.251 e. The van der Waals surface area contributed by atoms with E-state index in [9.17, 15) is 4.79 Å². The summed E-state index contributed by atoms with van der Waals surface area (Å²) in [6.45, 7) is 4.54. The lowest BCUT2D eigenvalue weighted by atomic mass is 9.87. The van der Waals surface area contributed by atoms with E-state index in [2.05, 4.69) is 17.4 Å². The molecule has 0 saturated carbocycles. The highest BCUT2D eigenvalue weighted by molar-refractivity contribution is 5.94. The standard InChI is InChI=1S/C21H25NO3/c1-4-25-20-11-8-16(12-14(20)2)21(23)22-19-7-5-6-15-13-17(24-3)9-10-18(15)19/h8-13,19H,4-7H2,1-3H3,(H,22,23)/t19-/m0/s1. The van der Waals surface area contributed by atoms with E-state index in [4.69, 9.17) is 9.47 Å². The molecule has 1 atom stereocenters. The first-order valence-electron chi connectivity index (χ1n) is 8.83. The molecule has 1 aliphatic carbocycles. The fourth-order valence-corrected chi connectivity index (χ4v) is 3.42. The molecule has 0 saturated heterocycles. The third-order valence-corrected chi connectivity index (χ3v) is 4.71. The van der Waals surface area contributed by atoms with Crippen molar-refractivity contribution in [1.29, 1.82) is 0 Å². The fraction of sp³-hybridized carbons (Fsp3) is 0.381. The highest BCUT2D eigenvalue weighted by Crippen LogP contribution is 2.32. The van der Waals surface area contributed by atoms with Crippen LogP contribution in [0.4, 0.5) is 0 Å². The van der Waals surface area contributed by atoms with Gasteiger partial charge in [0.25, 0.3) is 5.91 Å². The van der Waals surface area contributed by atoms with Gasteiger partial charge < -0.3 is 14.8 Å². The highest BCUT2D eigenvalue weighted by Gasteiger charge is 2.23. The second kappa shape index (κ2) is 7.60. The molecule has 1 amide bonds. The summed E-state index contributed by atoms with van der Waals surface area (Å²) in [5.41, 5.74) is 4.10. The van der Waals surface area contributed by atoms with Crippen molar-refractivity contribution in [3.05, 3.63) is 58.7 Å². The average molecular weight is 339 g/mol. The van der Waals surface area contributed by atoms with E-state index in [-0.39, 0.29) is 11.9 Å². The SMILES string of the molecule is CCOc1ccc(C(=O)N[C@H]2CCCc3cc(OC)ccc32)cc1C. The fourth-order valence-electron chi connectivity index (χ4n) is 3.42. The predicted octanol–water partition coefficient (Wildman–Crippen LogP) is 4.21. The predicted molar refractivity (Wildman–Crippen MR) is 98.5 cm³/mol. The zero-order valence-corrected chi connectivity index (χ0v) is 15.1. The smallest absolute Gasteiger partial charge is 0.251 e. The van der Waals surface area contributed by atoms with Crippen LogP contribution >= 0.6 is 0 Å². The van der Waals surface area contributed by atoms with E-state index in [0.29, 0.717) is 12.2 Å². The molecule has 132 valence electrons. The average Bonchev–Trinajstić information content (AvgIpc) is 2.63. The number of hydrogen-bond donors (Lipinski definition) is 1. The lowest BCUT2D eigenvalue weighted by Crippen LogP contribution is -2.31. The molecule has 0 spiro atoms. The van der Waals surface area contributed by atoms with Crippen LogP contribution in [0.5, 0.6) is 11.5 Å². The van der Waals surface area contributed by atoms with E-state index in [0.717, 1.165) is 36.3 Å². The van der Waals surface area contributed by atoms with Crippen molar-refractivity contribution in [2.75, 3.05) is 13.7 Å². The first kappa shape index (κ1) is 17.3. The summed E-state index contributed by atoms with van der Waals surface area (Å²) in [6, 6.07) is 11.7. The summed E-state index contributed by atoms with van der Waals surface area (Å²) in [6.07, 6.45) is 3.05. The van der Waals surface area contributed by atoms with Crippen LogP contribution in [0.15, 0.2) is 36.4 Å². The van der Waals surface area contributed by atoms with Gasteiger partial charge in [-0.25, -0.2) is 0 Å². The molecule has 1 N–H and O–H groups in total. The Kier molecular flexibility index (Phi) is 5.27. The van der Waals surface area contributed by atoms with Gasteiger partial charge in [0.15, 0.2) is 0 Å². The van der Waals surface area contributed by atoms with Gasteiger partial charge in [-0.3, -0.25) is 4.79 Å². The van der Waals surface area contributed by atoms with Gasteiger partial charge >= 0.3 is 0 Å². The number of fused-ring (bicyclic) bond motifs is 1. The molecule has 1 aliphatic rings. The molecule has 4 nitrogen and oxygen atoms in total. The van der Waals surface area contributed by atoms with Crippen LogP contribution in [0, 0.1) is 6.92 Å². The highest BCUT2D eigenvalue weighted by atomic mass is 16.5. The molecule has 0 aliphatic heterocycles.